The predicted molar refractivity (Wildman–Crippen MR) is 143 cm³/mol. The van der Waals surface area contributed by atoms with Crippen molar-refractivity contribution in [2.75, 3.05) is 52.9 Å². The van der Waals surface area contributed by atoms with Crippen LogP contribution in [0.3, 0.4) is 0 Å². The number of piperidine rings is 1. The van der Waals surface area contributed by atoms with Gasteiger partial charge in [-0.25, -0.2) is 0 Å². The largest absolute Gasteiger partial charge is 0.491 e. The third-order valence-corrected chi connectivity index (χ3v) is 7.31. The Morgan fingerprint density at radius 3 is 2.62 bits per heavy atom. The number of carbonyl (C=O) groups excluding carboxylic acids is 1. The van der Waals surface area contributed by atoms with Crippen LogP contribution < -0.4 is 15.8 Å². The van der Waals surface area contributed by atoms with E-state index < -0.39 is 11.5 Å². The number of carbonyl (C=O) groups is 1. The molecule has 0 spiro atoms. The number of nitrogens with one attached hydrogen (secondary N) is 1. The lowest BCUT2D eigenvalue weighted by Crippen LogP contribution is -2.55. The topological polar surface area (TPSA) is 106 Å². The van der Waals surface area contributed by atoms with Crippen LogP contribution >= 0.6 is 0 Å². The van der Waals surface area contributed by atoms with Crippen LogP contribution in [-0.4, -0.2) is 69.1 Å². The number of aryl methyl sites for hydroxylation is 1. The zero-order valence-electron chi connectivity index (χ0n) is 22.1. The molecule has 8 heteroatoms. The Morgan fingerprint density at radius 2 is 1.89 bits per heavy atom. The van der Waals surface area contributed by atoms with Crippen molar-refractivity contribution in [3.63, 3.8) is 0 Å². The molecule has 1 heterocycles. The fourth-order valence-corrected chi connectivity index (χ4v) is 5.19. The van der Waals surface area contributed by atoms with Gasteiger partial charge in [-0.1, -0.05) is 18.2 Å². The fourth-order valence-electron chi connectivity index (χ4n) is 5.19. The standard InChI is InChI=1S/C29H41N3O5/c1-35-12-4-5-21-15-22(17-26(16-21)37-14-13-36-2)20-32(25-8-9-25)28(33)27-19-31-11-10-29(27,34)23-6-3-7-24(30)18-23/h3,6-7,15-18,25,27,31,34H,4-5,8-14,19-20,30H2,1-2H3. The number of methoxy groups -OCH3 is 2. The van der Waals surface area contributed by atoms with Crippen molar-refractivity contribution in [2.24, 2.45) is 5.92 Å². The van der Waals surface area contributed by atoms with Gasteiger partial charge in [-0.2, -0.15) is 0 Å². The Morgan fingerprint density at radius 1 is 1.11 bits per heavy atom. The van der Waals surface area contributed by atoms with Gasteiger partial charge in [-0.15, -0.1) is 0 Å². The molecule has 2 atom stereocenters. The van der Waals surface area contributed by atoms with E-state index in [1.165, 1.54) is 0 Å². The number of ether oxygens (including phenoxy) is 3. The summed E-state index contributed by atoms with van der Waals surface area (Å²) in [5, 5.41) is 15.2. The van der Waals surface area contributed by atoms with E-state index in [2.05, 4.69) is 17.4 Å². The number of rotatable bonds is 13. The van der Waals surface area contributed by atoms with Crippen molar-refractivity contribution in [3.8, 4) is 5.75 Å². The molecule has 1 aliphatic carbocycles. The Hall–Kier alpha value is -2.65. The lowest BCUT2D eigenvalue weighted by molar-refractivity contribution is -0.150. The molecule has 2 unspecified atom stereocenters. The Bertz CT molecular complexity index is 1020. The highest BCUT2D eigenvalue weighted by Crippen LogP contribution is 2.39. The molecule has 8 nitrogen and oxygen atoms in total. The smallest absolute Gasteiger partial charge is 0.230 e. The molecule has 202 valence electrons. The van der Waals surface area contributed by atoms with Crippen molar-refractivity contribution in [1.29, 1.82) is 0 Å². The lowest BCUT2D eigenvalue weighted by Gasteiger charge is -2.42. The van der Waals surface area contributed by atoms with Crippen LogP contribution in [0.1, 0.15) is 42.4 Å². The molecule has 4 N–H and O–H groups in total. The summed E-state index contributed by atoms with van der Waals surface area (Å²) in [5.74, 6) is 0.165. The number of nitrogens with zero attached hydrogens (tertiary/aromatic N) is 1. The minimum atomic E-state index is -1.26. The zero-order chi connectivity index (χ0) is 26.3. The molecular weight excluding hydrogens is 470 g/mol. The summed E-state index contributed by atoms with van der Waals surface area (Å²) in [6, 6.07) is 13.7. The van der Waals surface area contributed by atoms with Gasteiger partial charge in [0.05, 0.1) is 12.5 Å². The summed E-state index contributed by atoms with van der Waals surface area (Å²) in [4.78, 5) is 16.0. The number of anilines is 1. The van der Waals surface area contributed by atoms with Crippen molar-refractivity contribution < 1.29 is 24.1 Å². The van der Waals surface area contributed by atoms with Crippen LogP contribution in [-0.2, 0) is 32.8 Å². The van der Waals surface area contributed by atoms with E-state index in [9.17, 15) is 9.90 Å². The maximum atomic E-state index is 14.1. The summed E-state index contributed by atoms with van der Waals surface area (Å²) in [7, 11) is 3.36. The number of hydrogen-bond donors (Lipinski definition) is 3. The second-order valence-corrected chi connectivity index (χ2v) is 10.2. The molecule has 2 fully saturated rings. The number of nitrogen functional groups attached to an aromatic ring is 1. The molecule has 0 bridgehead atoms. The van der Waals surface area contributed by atoms with E-state index in [1.807, 2.05) is 23.1 Å². The monoisotopic (exact) mass is 511 g/mol. The third-order valence-electron chi connectivity index (χ3n) is 7.31. The van der Waals surface area contributed by atoms with E-state index in [1.54, 1.807) is 26.4 Å². The van der Waals surface area contributed by atoms with Gasteiger partial charge in [0, 0.05) is 45.6 Å². The normalized spacial score (nSPS) is 21.5. The average molecular weight is 512 g/mol. The van der Waals surface area contributed by atoms with Crippen molar-refractivity contribution in [3.05, 3.63) is 59.2 Å². The summed E-state index contributed by atoms with van der Waals surface area (Å²) in [6.45, 7) is 3.21. The molecule has 4 rings (SSSR count). The molecular formula is C29H41N3O5. The second kappa shape index (κ2) is 12.7. The van der Waals surface area contributed by atoms with Gasteiger partial charge < -0.3 is 35.3 Å². The molecule has 0 radical (unpaired) electrons. The van der Waals surface area contributed by atoms with Crippen LogP contribution in [0.25, 0.3) is 0 Å². The van der Waals surface area contributed by atoms with Crippen molar-refractivity contribution in [2.45, 2.75) is 50.3 Å². The fraction of sp³-hybridized carbons (Fsp3) is 0.552. The Labute approximate surface area is 220 Å². The molecule has 1 saturated heterocycles. The maximum absolute atomic E-state index is 14.1. The van der Waals surface area contributed by atoms with Crippen LogP contribution in [0.5, 0.6) is 5.75 Å². The van der Waals surface area contributed by atoms with Gasteiger partial charge in [-0.3, -0.25) is 4.79 Å². The van der Waals surface area contributed by atoms with Crippen LogP contribution in [0, 0.1) is 5.92 Å². The summed E-state index contributed by atoms with van der Waals surface area (Å²) in [5.41, 5.74) is 8.24. The van der Waals surface area contributed by atoms with E-state index in [0.29, 0.717) is 57.1 Å². The lowest BCUT2D eigenvalue weighted by atomic mass is 9.75. The Balaban J connectivity index is 1.58. The molecule has 2 aromatic carbocycles. The summed E-state index contributed by atoms with van der Waals surface area (Å²) < 4.78 is 16.3. The van der Waals surface area contributed by atoms with Crippen LogP contribution in [0.15, 0.2) is 42.5 Å². The minimum Gasteiger partial charge on any atom is -0.491 e. The van der Waals surface area contributed by atoms with Gasteiger partial charge in [-0.05, 0) is 79.6 Å². The van der Waals surface area contributed by atoms with Crippen molar-refractivity contribution >= 4 is 11.6 Å². The average Bonchev–Trinajstić information content (AvgIpc) is 3.73. The number of hydrogen-bond acceptors (Lipinski definition) is 7. The highest BCUT2D eigenvalue weighted by atomic mass is 16.5. The number of nitrogens with two attached hydrogens (primary N) is 1. The van der Waals surface area contributed by atoms with Crippen molar-refractivity contribution in [1.82, 2.24) is 10.2 Å². The molecule has 37 heavy (non-hydrogen) atoms. The number of amides is 1. The van der Waals surface area contributed by atoms with Gasteiger partial charge in [0.15, 0.2) is 0 Å². The third kappa shape index (κ3) is 7.02. The first kappa shape index (κ1) is 27.4. The molecule has 2 aromatic rings. The van der Waals surface area contributed by atoms with Gasteiger partial charge in [0.2, 0.25) is 5.91 Å². The SMILES string of the molecule is COCCCc1cc(CN(C(=O)C2CNCCC2(O)c2cccc(N)c2)C2CC2)cc(OCCOC)c1. The quantitative estimate of drug-likeness (QED) is 0.280. The molecule has 1 saturated carbocycles. The van der Waals surface area contributed by atoms with E-state index in [-0.39, 0.29) is 11.9 Å². The first-order valence-electron chi connectivity index (χ1n) is 13.3. The van der Waals surface area contributed by atoms with Gasteiger partial charge in [0.25, 0.3) is 0 Å². The van der Waals surface area contributed by atoms with Gasteiger partial charge >= 0.3 is 0 Å². The number of aliphatic hydroxyl groups is 1. The van der Waals surface area contributed by atoms with Crippen LogP contribution in [0.4, 0.5) is 5.69 Å². The zero-order valence-corrected chi connectivity index (χ0v) is 22.1. The highest BCUT2D eigenvalue weighted by molar-refractivity contribution is 5.81. The highest BCUT2D eigenvalue weighted by Gasteiger charge is 2.48. The molecule has 0 aromatic heterocycles. The van der Waals surface area contributed by atoms with Gasteiger partial charge in [0.1, 0.15) is 18.0 Å². The van der Waals surface area contributed by atoms with Crippen LogP contribution in [0.2, 0.25) is 0 Å². The van der Waals surface area contributed by atoms with E-state index >= 15 is 0 Å². The number of benzene rings is 2. The van der Waals surface area contributed by atoms with E-state index in [4.69, 9.17) is 19.9 Å². The first-order valence-corrected chi connectivity index (χ1v) is 13.3. The summed E-state index contributed by atoms with van der Waals surface area (Å²) >= 11 is 0. The molecule has 1 aliphatic heterocycles. The second-order valence-electron chi connectivity index (χ2n) is 10.2. The Kier molecular flexibility index (Phi) is 9.43. The maximum Gasteiger partial charge on any atom is 0.230 e. The molecule has 2 aliphatic rings. The molecule has 1 amide bonds. The summed E-state index contributed by atoms with van der Waals surface area (Å²) in [6.07, 6.45) is 4.18. The first-order chi connectivity index (χ1) is 17.9. The predicted octanol–water partition coefficient (Wildman–Crippen LogP) is 2.86. The minimum absolute atomic E-state index is 0.0220. The van der Waals surface area contributed by atoms with E-state index in [0.717, 1.165) is 42.6 Å².